The number of aromatic nitrogens is 3. The van der Waals surface area contributed by atoms with Crippen molar-refractivity contribution in [2.24, 2.45) is 5.92 Å². The highest BCUT2D eigenvalue weighted by Gasteiger charge is 2.30. The van der Waals surface area contributed by atoms with Crippen LogP contribution in [0, 0.1) is 5.92 Å². The number of likely N-dealkylation sites (tertiary alicyclic amines) is 1. The standard InChI is InChI=1S/C26H28N4O4/c1-26(2,3)34-25(32)29-12-10-17(15-29)16-30-23(27-28-24(30)31)19-6-4-18(5-7-19)20-8-9-22-21(14-20)11-13-33-22/h4-9,11,13-14,17H,10,12,15-16H2,1-3H3,(H,28,31)/t17-/m1/s1. The highest BCUT2D eigenvalue weighted by Crippen LogP contribution is 2.28. The molecule has 0 saturated carbocycles. The van der Waals surface area contributed by atoms with E-state index in [4.69, 9.17) is 9.15 Å². The third kappa shape index (κ3) is 4.48. The van der Waals surface area contributed by atoms with Gasteiger partial charge in [0.05, 0.1) is 6.26 Å². The van der Waals surface area contributed by atoms with Gasteiger partial charge in [-0.25, -0.2) is 14.7 Å². The summed E-state index contributed by atoms with van der Waals surface area (Å²) in [7, 11) is 0. The molecule has 4 aromatic rings. The number of hydrogen-bond donors (Lipinski definition) is 1. The molecule has 176 valence electrons. The van der Waals surface area contributed by atoms with Crippen molar-refractivity contribution < 1.29 is 13.9 Å². The van der Waals surface area contributed by atoms with Crippen LogP contribution in [0.5, 0.6) is 0 Å². The molecule has 34 heavy (non-hydrogen) atoms. The molecule has 8 heteroatoms. The Morgan fingerprint density at radius 3 is 2.62 bits per heavy atom. The Bertz CT molecular complexity index is 1370. The molecule has 0 bridgehead atoms. The first-order valence-corrected chi connectivity index (χ1v) is 11.5. The molecule has 1 aliphatic rings. The molecule has 1 amide bonds. The van der Waals surface area contributed by atoms with Gasteiger partial charge in [-0.05, 0) is 62.4 Å². The van der Waals surface area contributed by atoms with E-state index in [1.165, 1.54) is 0 Å². The van der Waals surface area contributed by atoms with Gasteiger partial charge in [-0.2, -0.15) is 5.10 Å². The molecular formula is C26H28N4O4. The Hall–Kier alpha value is -3.81. The van der Waals surface area contributed by atoms with Crippen LogP contribution in [0.1, 0.15) is 27.2 Å². The van der Waals surface area contributed by atoms with Gasteiger partial charge in [0.15, 0.2) is 5.82 Å². The molecule has 8 nitrogen and oxygen atoms in total. The minimum absolute atomic E-state index is 0.155. The molecule has 1 N–H and O–H groups in total. The van der Waals surface area contributed by atoms with Crippen LogP contribution < -0.4 is 5.69 Å². The number of ether oxygens (including phenoxy) is 1. The van der Waals surface area contributed by atoms with Gasteiger partial charge in [-0.3, -0.25) is 4.57 Å². The number of hydrogen-bond acceptors (Lipinski definition) is 5. The molecule has 3 heterocycles. The minimum atomic E-state index is -0.528. The summed E-state index contributed by atoms with van der Waals surface area (Å²) in [5.74, 6) is 0.750. The fourth-order valence-electron chi connectivity index (χ4n) is 4.40. The topological polar surface area (TPSA) is 93.4 Å². The maximum Gasteiger partial charge on any atom is 0.410 e. The Morgan fingerprint density at radius 2 is 1.85 bits per heavy atom. The number of furan rings is 1. The zero-order chi connectivity index (χ0) is 23.9. The Labute approximate surface area is 197 Å². The highest BCUT2D eigenvalue weighted by atomic mass is 16.6. The van der Waals surface area contributed by atoms with Gasteiger partial charge >= 0.3 is 11.8 Å². The Kier molecular flexibility index (Phi) is 5.51. The molecule has 5 rings (SSSR count). The summed E-state index contributed by atoms with van der Waals surface area (Å²) < 4.78 is 12.6. The number of rotatable bonds is 4. The molecule has 2 aromatic heterocycles. The van der Waals surface area contributed by atoms with Crippen molar-refractivity contribution in [3.05, 3.63) is 65.3 Å². The quantitative estimate of drug-likeness (QED) is 0.467. The summed E-state index contributed by atoms with van der Waals surface area (Å²) in [5.41, 5.74) is 3.10. The van der Waals surface area contributed by atoms with Crippen LogP contribution in [0.3, 0.4) is 0 Å². The number of benzene rings is 2. The number of amides is 1. The maximum atomic E-state index is 12.5. The third-order valence-corrected chi connectivity index (χ3v) is 6.07. The van der Waals surface area contributed by atoms with Crippen molar-refractivity contribution in [3.8, 4) is 22.5 Å². The summed E-state index contributed by atoms with van der Waals surface area (Å²) in [6.45, 7) is 7.24. The predicted molar refractivity (Wildman–Crippen MR) is 129 cm³/mol. The largest absolute Gasteiger partial charge is 0.464 e. The van der Waals surface area contributed by atoms with E-state index < -0.39 is 5.60 Å². The van der Waals surface area contributed by atoms with Gasteiger partial charge in [-0.1, -0.05) is 30.3 Å². The van der Waals surface area contributed by atoms with Gasteiger partial charge in [-0.15, -0.1) is 0 Å². The SMILES string of the molecule is CC(C)(C)OC(=O)N1CC[C@@H](Cn2c(-c3ccc(-c4ccc5occc5c4)cc3)n[nH]c2=O)C1. The zero-order valence-corrected chi connectivity index (χ0v) is 19.6. The fourth-order valence-corrected chi connectivity index (χ4v) is 4.40. The summed E-state index contributed by atoms with van der Waals surface area (Å²) in [6.07, 6.45) is 2.19. The monoisotopic (exact) mass is 460 g/mol. The average Bonchev–Trinajstić information content (AvgIpc) is 3.53. The fraction of sp³-hybridized carbons (Fsp3) is 0.346. The van der Waals surface area contributed by atoms with E-state index in [0.717, 1.165) is 34.1 Å². The lowest BCUT2D eigenvalue weighted by molar-refractivity contribution is 0.0287. The molecular weight excluding hydrogens is 432 g/mol. The van der Waals surface area contributed by atoms with Gasteiger partial charge < -0.3 is 14.1 Å². The number of aromatic amines is 1. The smallest absolute Gasteiger partial charge is 0.410 e. The zero-order valence-electron chi connectivity index (χ0n) is 19.6. The molecule has 0 aliphatic carbocycles. The van der Waals surface area contributed by atoms with E-state index in [2.05, 4.69) is 16.3 Å². The van der Waals surface area contributed by atoms with Gasteiger partial charge in [0.1, 0.15) is 11.2 Å². The molecule has 2 aromatic carbocycles. The second-order valence-electron chi connectivity index (χ2n) is 9.79. The van der Waals surface area contributed by atoms with Crippen LogP contribution in [-0.2, 0) is 11.3 Å². The number of nitrogens with zero attached hydrogens (tertiary/aromatic N) is 3. The van der Waals surface area contributed by atoms with Crippen LogP contribution in [0.4, 0.5) is 4.79 Å². The summed E-state index contributed by atoms with van der Waals surface area (Å²) in [4.78, 5) is 26.6. The third-order valence-electron chi connectivity index (χ3n) is 6.07. The van der Waals surface area contributed by atoms with E-state index in [-0.39, 0.29) is 17.7 Å². The summed E-state index contributed by atoms with van der Waals surface area (Å²) in [5, 5.41) is 7.91. The van der Waals surface area contributed by atoms with Crippen molar-refractivity contribution >= 4 is 17.1 Å². The number of nitrogens with one attached hydrogen (secondary N) is 1. The van der Waals surface area contributed by atoms with Crippen molar-refractivity contribution in [3.63, 3.8) is 0 Å². The molecule has 0 unspecified atom stereocenters. The van der Waals surface area contributed by atoms with Crippen molar-refractivity contribution in [1.82, 2.24) is 19.7 Å². The molecule has 1 atom stereocenters. The van der Waals surface area contributed by atoms with E-state index in [9.17, 15) is 9.59 Å². The first-order chi connectivity index (χ1) is 16.3. The van der Waals surface area contributed by atoms with E-state index in [1.54, 1.807) is 15.7 Å². The number of H-pyrrole nitrogens is 1. The second kappa shape index (κ2) is 8.52. The van der Waals surface area contributed by atoms with E-state index in [1.807, 2.05) is 63.2 Å². The molecule has 1 aliphatic heterocycles. The van der Waals surface area contributed by atoms with Crippen LogP contribution >= 0.6 is 0 Å². The average molecular weight is 461 g/mol. The summed E-state index contributed by atoms with van der Waals surface area (Å²) in [6, 6.07) is 16.0. The first-order valence-electron chi connectivity index (χ1n) is 11.5. The van der Waals surface area contributed by atoms with Crippen molar-refractivity contribution in [2.75, 3.05) is 13.1 Å². The number of carbonyl (C=O) groups excluding carboxylic acids is 1. The number of fused-ring (bicyclic) bond motifs is 1. The molecule has 1 saturated heterocycles. The number of carbonyl (C=O) groups is 1. The summed E-state index contributed by atoms with van der Waals surface area (Å²) >= 11 is 0. The lowest BCUT2D eigenvalue weighted by atomic mass is 10.0. The predicted octanol–water partition coefficient (Wildman–Crippen LogP) is 4.91. The van der Waals surface area contributed by atoms with Crippen molar-refractivity contribution in [2.45, 2.75) is 39.3 Å². The second-order valence-corrected chi connectivity index (χ2v) is 9.79. The normalized spacial score (nSPS) is 16.3. The first kappa shape index (κ1) is 22.0. The highest BCUT2D eigenvalue weighted by molar-refractivity contribution is 5.83. The van der Waals surface area contributed by atoms with Crippen LogP contribution in [0.2, 0.25) is 0 Å². The minimum Gasteiger partial charge on any atom is -0.464 e. The lowest BCUT2D eigenvalue weighted by Gasteiger charge is -2.24. The van der Waals surface area contributed by atoms with Gasteiger partial charge in [0.2, 0.25) is 0 Å². The van der Waals surface area contributed by atoms with Crippen molar-refractivity contribution in [1.29, 1.82) is 0 Å². The van der Waals surface area contributed by atoms with Crippen LogP contribution in [0.25, 0.3) is 33.5 Å². The van der Waals surface area contributed by atoms with E-state index >= 15 is 0 Å². The van der Waals surface area contributed by atoms with Gasteiger partial charge in [0, 0.05) is 30.6 Å². The maximum absolute atomic E-state index is 12.5. The van der Waals surface area contributed by atoms with Crippen LogP contribution in [-0.4, -0.2) is 44.4 Å². The van der Waals surface area contributed by atoms with Crippen LogP contribution in [0.15, 0.2) is 64.0 Å². The Morgan fingerprint density at radius 1 is 1.12 bits per heavy atom. The molecule has 0 spiro atoms. The molecule has 1 fully saturated rings. The van der Waals surface area contributed by atoms with E-state index in [0.29, 0.717) is 25.5 Å². The Balaban J connectivity index is 1.32. The lowest BCUT2D eigenvalue weighted by Crippen LogP contribution is -2.35. The van der Waals surface area contributed by atoms with Gasteiger partial charge in [0.25, 0.3) is 0 Å². The molecule has 0 radical (unpaired) electrons.